The van der Waals surface area contributed by atoms with Crippen molar-refractivity contribution >= 4 is 21.9 Å². The van der Waals surface area contributed by atoms with E-state index in [4.69, 9.17) is 9.47 Å². The number of fused-ring (bicyclic) bond motifs is 1. The van der Waals surface area contributed by atoms with Crippen molar-refractivity contribution in [3.05, 3.63) is 21.9 Å². The lowest BCUT2D eigenvalue weighted by molar-refractivity contribution is -0.145. The smallest absolute Gasteiger partial charge is 0.314 e. The van der Waals surface area contributed by atoms with Crippen molar-refractivity contribution in [3.63, 3.8) is 0 Å². The number of carboxylic acids is 1. The maximum atomic E-state index is 14.9. The van der Waals surface area contributed by atoms with Gasteiger partial charge < -0.3 is 14.6 Å². The molecule has 1 saturated carbocycles. The average molecular weight is 359 g/mol. The zero-order valence-electron chi connectivity index (χ0n) is 11.5. The Morgan fingerprint density at radius 2 is 1.90 bits per heavy atom. The first-order valence-corrected chi connectivity index (χ1v) is 7.87. The molecule has 3 rings (SSSR count). The topological polar surface area (TPSA) is 55.8 Å². The van der Waals surface area contributed by atoms with Gasteiger partial charge in [0.1, 0.15) is 13.2 Å². The fourth-order valence-electron chi connectivity index (χ4n) is 3.28. The van der Waals surface area contributed by atoms with E-state index < -0.39 is 17.2 Å². The second-order valence-electron chi connectivity index (χ2n) is 5.52. The van der Waals surface area contributed by atoms with Gasteiger partial charge in [-0.05, 0) is 18.9 Å². The zero-order valence-corrected chi connectivity index (χ0v) is 13.0. The van der Waals surface area contributed by atoms with Gasteiger partial charge in [-0.15, -0.1) is 0 Å². The second-order valence-corrected chi connectivity index (χ2v) is 6.37. The summed E-state index contributed by atoms with van der Waals surface area (Å²) in [6.45, 7) is 0.632. The molecule has 0 radical (unpaired) electrons. The van der Waals surface area contributed by atoms with Crippen molar-refractivity contribution in [3.8, 4) is 11.5 Å². The van der Waals surface area contributed by atoms with Gasteiger partial charge in [-0.3, -0.25) is 4.79 Å². The monoisotopic (exact) mass is 358 g/mol. The van der Waals surface area contributed by atoms with E-state index in [1.807, 2.05) is 0 Å². The van der Waals surface area contributed by atoms with Crippen LogP contribution in [0.1, 0.15) is 37.7 Å². The number of benzene rings is 1. The minimum atomic E-state index is -1.18. The molecule has 0 atom stereocenters. The summed E-state index contributed by atoms with van der Waals surface area (Å²) in [7, 11) is 0. The summed E-state index contributed by atoms with van der Waals surface area (Å²) < 4.78 is 26.1. The average Bonchev–Trinajstić information content (AvgIpc) is 2.48. The Balaban J connectivity index is 2.18. The summed E-state index contributed by atoms with van der Waals surface area (Å²) in [4.78, 5) is 11.9. The van der Waals surface area contributed by atoms with Crippen molar-refractivity contribution in [2.24, 2.45) is 0 Å². The van der Waals surface area contributed by atoms with E-state index in [0.717, 1.165) is 19.3 Å². The Morgan fingerprint density at radius 1 is 1.24 bits per heavy atom. The Morgan fingerprint density at radius 3 is 2.57 bits per heavy atom. The molecule has 6 heteroatoms. The summed E-state index contributed by atoms with van der Waals surface area (Å²) in [5, 5.41) is 9.74. The molecule has 1 aromatic carbocycles. The Labute approximate surface area is 130 Å². The molecule has 1 aliphatic heterocycles. The van der Waals surface area contributed by atoms with E-state index in [1.165, 1.54) is 0 Å². The van der Waals surface area contributed by atoms with Gasteiger partial charge in [0.25, 0.3) is 0 Å². The van der Waals surface area contributed by atoms with Crippen LogP contribution in [0.2, 0.25) is 0 Å². The van der Waals surface area contributed by atoms with Crippen molar-refractivity contribution in [2.45, 2.75) is 37.5 Å². The molecule has 1 aliphatic carbocycles. The van der Waals surface area contributed by atoms with E-state index in [9.17, 15) is 14.3 Å². The van der Waals surface area contributed by atoms with E-state index in [1.54, 1.807) is 6.07 Å². The Bertz CT molecular complexity index is 582. The first-order valence-electron chi connectivity index (χ1n) is 7.08. The molecule has 1 fully saturated rings. The van der Waals surface area contributed by atoms with Gasteiger partial charge in [0.05, 0.1) is 5.41 Å². The van der Waals surface area contributed by atoms with Crippen LogP contribution in [-0.2, 0) is 10.2 Å². The number of rotatable bonds is 2. The fraction of sp³-hybridized carbons (Fsp3) is 0.533. The van der Waals surface area contributed by atoms with Crippen molar-refractivity contribution in [1.82, 2.24) is 0 Å². The lowest BCUT2D eigenvalue weighted by Gasteiger charge is -2.35. The summed E-state index contributed by atoms with van der Waals surface area (Å²) >= 11 is 3.33. The Hall–Kier alpha value is -1.30. The van der Waals surface area contributed by atoms with Crippen LogP contribution in [0.3, 0.4) is 0 Å². The molecule has 21 heavy (non-hydrogen) atoms. The summed E-state index contributed by atoms with van der Waals surface area (Å²) in [5.41, 5.74) is -0.990. The summed E-state index contributed by atoms with van der Waals surface area (Å²) in [6.07, 6.45) is 3.44. The van der Waals surface area contributed by atoms with Gasteiger partial charge in [0.15, 0.2) is 17.3 Å². The molecule has 0 unspecified atom stereocenters. The van der Waals surface area contributed by atoms with Crippen LogP contribution >= 0.6 is 15.9 Å². The standard InChI is InChI=1S/C15H16BrFO4/c16-9-8-10-13(21-7-6-20-10)12(17)11(9)15(14(18)19)4-2-1-3-5-15/h8H,1-7H2,(H,18,19). The quantitative estimate of drug-likeness (QED) is 0.876. The first kappa shape index (κ1) is 14.6. The first-order chi connectivity index (χ1) is 10.1. The molecule has 1 heterocycles. The van der Waals surface area contributed by atoms with Gasteiger partial charge in [0.2, 0.25) is 0 Å². The van der Waals surface area contributed by atoms with Crippen molar-refractivity contribution < 1.29 is 23.8 Å². The predicted molar refractivity (Wildman–Crippen MR) is 77.5 cm³/mol. The van der Waals surface area contributed by atoms with Crippen LogP contribution in [0.15, 0.2) is 10.5 Å². The van der Waals surface area contributed by atoms with E-state index >= 15 is 0 Å². The molecule has 0 bridgehead atoms. The normalized spacial score (nSPS) is 20.1. The van der Waals surface area contributed by atoms with E-state index in [2.05, 4.69) is 15.9 Å². The van der Waals surface area contributed by atoms with E-state index in [-0.39, 0.29) is 17.9 Å². The highest BCUT2D eigenvalue weighted by atomic mass is 79.9. The zero-order chi connectivity index (χ0) is 15.0. The summed E-state index contributed by atoms with van der Waals surface area (Å²) in [5.74, 6) is -1.22. The van der Waals surface area contributed by atoms with Crippen LogP contribution < -0.4 is 9.47 Å². The number of halogens is 2. The number of ether oxygens (including phenoxy) is 2. The molecule has 2 aliphatic rings. The molecule has 0 amide bonds. The van der Waals surface area contributed by atoms with Crippen LogP contribution in [0.25, 0.3) is 0 Å². The highest BCUT2D eigenvalue weighted by Gasteiger charge is 2.46. The highest BCUT2D eigenvalue weighted by Crippen LogP contribution is 2.48. The molecule has 0 aromatic heterocycles. The van der Waals surface area contributed by atoms with E-state index in [0.29, 0.717) is 29.7 Å². The lowest BCUT2D eigenvalue weighted by atomic mass is 9.69. The molecular formula is C15H16BrFO4. The molecular weight excluding hydrogens is 343 g/mol. The predicted octanol–water partition coefficient (Wildman–Crippen LogP) is 3.65. The highest BCUT2D eigenvalue weighted by molar-refractivity contribution is 9.10. The van der Waals surface area contributed by atoms with Gasteiger partial charge in [-0.2, -0.15) is 0 Å². The largest absolute Gasteiger partial charge is 0.486 e. The van der Waals surface area contributed by atoms with Crippen LogP contribution in [0.5, 0.6) is 11.5 Å². The Kier molecular flexibility index (Phi) is 3.82. The molecule has 0 saturated heterocycles. The minimum Gasteiger partial charge on any atom is -0.486 e. The SMILES string of the molecule is O=C(O)C1(c2c(Br)cc3c(c2F)OCCO3)CCCCC1. The number of aliphatic carboxylic acids is 1. The minimum absolute atomic E-state index is 0.0330. The fourth-order valence-corrected chi connectivity index (χ4v) is 4.04. The van der Waals surface area contributed by atoms with Gasteiger partial charge >= 0.3 is 5.97 Å². The van der Waals surface area contributed by atoms with Gasteiger partial charge in [-0.25, -0.2) is 4.39 Å². The van der Waals surface area contributed by atoms with Crippen molar-refractivity contribution in [1.29, 1.82) is 0 Å². The maximum absolute atomic E-state index is 14.9. The third kappa shape index (κ3) is 2.29. The molecule has 1 N–H and O–H groups in total. The maximum Gasteiger partial charge on any atom is 0.314 e. The number of hydrogen-bond donors (Lipinski definition) is 1. The van der Waals surface area contributed by atoms with Crippen molar-refractivity contribution in [2.75, 3.05) is 13.2 Å². The molecule has 1 aromatic rings. The lowest BCUT2D eigenvalue weighted by Crippen LogP contribution is -2.39. The number of hydrogen-bond acceptors (Lipinski definition) is 3. The van der Waals surface area contributed by atoms with Crippen LogP contribution in [-0.4, -0.2) is 24.3 Å². The molecule has 0 spiro atoms. The van der Waals surface area contributed by atoms with Crippen LogP contribution in [0.4, 0.5) is 4.39 Å². The molecule has 4 nitrogen and oxygen atoms in total. The number of carbonyl (C=O) groups is 1. The summed E-state index contributed by atoms with van der Waals surface area (Å²) in [6, 6.07) is 1.62. The van der Waals surface area contributed by atoms with Crippen LogP contribution in [0, 0.1) is 5.82 Å². The number of carboxylic acid groups (broad SMARTS) is 1. The van der Waals surface area contributed by atoms with Gasteiger partial charge in [-0.1, -0.05) is 35.2 Å². The van der Waals surface area contributed by atoms with Gasteiger partial charge in [0, 0.05) is 10.0 Å². The molecule has 114 valence electrons. The second kappa shape index (κ2) is 5.48. The third-order valence-electron chi connectivity index (χ3n) is 4.32. The third-order valence-corrected chi connectivity index (χ3v) is 4.95.